The van der Waals surface area contributed by atoms with Crippen molar-refractivity contribution in [3.63, 3.8) is 0 Å². The summed E-state index contributed by atoms with van der Waals surface area (Å²) in [5.74, 6) is 0.0151. The maximum absolute atomic E-state index is 11.8. The molecule has 7 heteroatoms. The highest BCUT2D eigenvalue weighted by atomic mass is 19.4. The summed E-state index contributed by atoms with van der Waals surface area (Å²) in [6, 6.07) is -0.191. The largest absolute Gasteiger partial charge is 0.409 e. The van der Waals surface area contributed by atoms with Crippen molar-refractivity contribution in [1.29, 1.82) is 0 Å². The molecule has 0 spiro atoms. The first-order valence-corrected chi connectivity index (χ1v) is 4.65. The molecule has 0 heterocycles. The Morgan fingerprint density at radius 1 is 1.53 bits per heavy atom. The molecule has 0 bridgehead atoms. The smallest absolute Gasteiger partial charge is 0.390 e. The van der Waals surface area contributed by atoms with Gasteiger partial charge in [0.15, 0.2) is 0 Å². The Hall–Kier alpha value is -0.980. The number of alkyl halides is 3. The molecule has 0 saturated heterocycles. The van der Waals surface area contributed by atoms with E-state index >= 15 is 0 Å². The number of oxime groups is 1. The monoisotopic (exact) mass is 227 g/mol. The molecule has 1 atom stereocenters. The average Bonchev–Trinajstić information content (AvgIpc) is 2.14. The third kappa shape index (κ3) is 8.04. The van der Waals surface area contributed by atoms with Crippen LogP contribution in [0.1, 0.15) is 26.2 Å². The van der Waals surface area contributed by atoms with E-state index in [0.29, 0.717) is 6.42 Å². The van der Waals surface area contributed by atoms with Crippen molar-refractivity contribution in [3.8, 4) is 0 Å². The second-order valence-corrected chi connectivity index (χ2v) is 3.22. The van der Waals surface area contributed by atoms with Crippen LogP contribution >= 0.6 is 0 Å². The second-order valence-electron chi connectivity index (χ2n) is 3.22. The van der Waals surface area contributed by atoms with Crippen molar-refractivity contribution in [2.24, 2.45) is 10.9 Å². The molecule has 0 aliphatic heterocycles. The lowest BCUT2D eigenvalue weighted by atomic mass is 10.1. The van der Waals surface area contributed by atoms with Gasteiger partial charge in [0, 0.05) is 19.0 Å². The van der Waals surface area contributed by atoms with E-state index in [4.69, 9.17) is 10.9 Å². The number of hydrogen-bond donors (Lipinski definition) is 3. The lowest BCUT2D eigenvalue weighted by Crippen LogP contribution is -2.35. The van der Waals surface area contributed by atoms with Gasteiger partial charge in [0.25, 0.3) is 0 Å². The zero-order chi connectivity index (χ0) is 11.9. The zero-order valence-corrected chi connectivity index (χ0v) is 8.51. The summed E-state index contributed by atoms with van der Waals surface area (Å²) in [6.45, 7) is 1.66. The van der Waals surface area contributed by atoms with Gasteiger partial charge < -0.3 is 16.3 Å². The molecule has 90 valence electrons. The molecule has 1 unspecified atom stereocenters. The maximum Gasteiger partial charge on any atom is 0.390 e. The lowest BCUT2D eigenvalue weighted by Gasteiger charge is -2.16. The van der Waals surface area contributed by atoms with Crippen LogP contribution in [0.4, 0.5) is 13.2 Å². The van der Waals surface area contributed by atoms with Gasteiger partial charge in [-0.15, -0.1) is 0 Å². The molecule has 0 saturated carbocycles. The molecule has 0 aromatic carbocycles. The summed E-state index contributed by atoms with van der Waals surface area (Å²) >= 11 is 0. The molecule has 0 amide bonds. The molecule has 4 nitrogen and oxygen atoms in total. The van der Waals surface area contributed by atoms with Crippen molar-refractivity contribution in [2.45, 2.75) is 38.4 Å². The minimum absolute atomic E-state index is 0.0151. The predicted octanol–water partition coefficient (Wildman–Crippen LogP) is 1.44. The van der Waals surface area contributed by atoms with Crippen molar-refractivity contribution in [3.05, 3.63) is 0 Å². The van der Waals surface area contributed by atoms with E-state index in [0.717, 1.165) is 0 Å². The number of halogens is 3. The third-order valence-electron chi connectivity index (χ3n) is 1.92. The second kappa shape index (κ2) is 6.49. The molecule has 0 aromatic rings. The molecule has 0 aliphatic carbocycles. The summed E-state index contributed by atoms with van der Waals surface area (Å²) in [7, 11) is 0. The number of nitrogens with zero attached hydrogens (tertiary/aromatic N) is 1. The van der Waals surface area contributed by atoms with Crippen LogP contribution in [0, 0.1) is 0 Å². The van der Waals surface area contributed by atoms with E-state index in [1.54, 1.807) is 0 Å². The average molecular weight is 227 g/mol. The van der Waals surface area contributed by atoms with Crippen LogP contribution in [0.3, 0.4) is 0 Å². The normalized spacial score (nSPS) is 15.3. The van der Waals surface area contributed by atoms with E-state index in [2.05, 4.69) is 10.5 Å². The van der Waals surface area contributed by atoms with E-state index in [1.807, 2.05) is 6.92 Å². The van der Waals surface area contributed by atoms with Gasteiger partial charge in [-0.05, 0) is 6.42 Å². The highest BCUT2D eigenvalue weighted by molar-refractivity contribution is 5.80. The first-order chi connectivity index (χ1) is 6.89. The van der Waals surface area contributed by atoms with Crippen molar-refractivity contribution < 1.29 is 18.4 Å². The number of rotatable bonds is 6. The molecule has 15 heavy (non-hydrogen) atoms. The van der Waals surface area contributed by atoms with Gasteiger partial charge in [0.1, 0.15) is 5.84 Å². The summed E-state index contributed by atoms with van der Waals surface area (Å²) < 4.78 is 35.4. The van der Waals surface area contributed by atoms with Crippen LogP contribution in [0.25, 0.3) is 0 Å². The van der Waals surface area contributed by atoms with Crippen LogP contribution in [-0.2, 0) is 0 Å². The molecule has 0 aromatic heterocycles. The Morgan fingerprint density at radius 2 is 2.13 bits per heavy atom. The SMILES string of the molecule is CCC(CC(N)=NO)NCCC(F)(F)F. The Kier molecular flexibility index (Phi) is 6.07. The standard InChI is InChI=1S/C8H16F3N3O/c1-2-6(5-7(12)14-15)13-4-3-8(9,10)11/h6,13,15H,2-5H2,1H3,(H2,12,14). The van der Waals surface area contributed by atoms with Gasteiger partial charge in [-0.1, -0.05) is 12.1 Å². The van der Waals surface area contributed by atoms with Crippen LogP contribution in [0.2, 0.25) is 0 Å². The van der Waals surface area contributed by atoms with Gasteiger partial charge in [0.05, 0.1) is 6.42 Å². The van der Waals surface area contributed by atoms with E-state index in [9.17, 15) is 13.2 Å². The summed E-state index contributed by atoms with van der Waals surface area (Å²) in [4.78, 5) is 0. The van der Waals surface area contributed by atoms with Crippen LogP contribution in [0.5, 0.6) is 0 Å². The highest BCUT2D eigenvalue weighted by Gasteiger charge is 2.26. The maximum atomic E-state index is 11.8. The van der Waals surface area contributed by atoms with E-state index in [1.165, 1.54) is 0 Å². The van der Waals surface area contributed by atoms with Gasteiger partial charge in [-0.25, -0.2) is 0 Å². The molecule has 0 aliphatic rings. The minimum Gasteiger partial charge on any atom is -0.409 e. The zero-order valence-electron chi connectivity index (χ0n) is 8.51. The Labute approximate surface area is 86.3 Å². The summed E-state index contributed by atoms with van der Waals surface area (Å²) in [5, 5.41) is 13.8. The topological polar surface area (TPSA) is 70.6 Å². The first kappa shape index (κ1) is 14.0. The third-order valence-corrected chi connectivity index (χ3v) is 1.92. The van der Waals surface area contributed by atoms with E-state index in [-0.39, 0.29) is 24.8 Å². The molecular formula is C8H16F3N3O. The van der Waals surface area contributed by atoms with Gasteiger partial charge in [0.2, 0.25) is 0 Å². The Bertz CT molecular complexity index is 206. The molecular weight excluding hydrogens is 211 g/mol. The van der Waals surface area contributed by atoms with Crippen LogP contribution < -0.4 is 11.1 Å². The number of hydrogen-bond acceptors (Lipinski definition) is 3. The van der Waals surface area contributed by atoms with Crippen LogP contribution in [0.15, 0.2) is 5.16 Å². The molecule has 4 N–H and O–H groups in total. The predicted molar refractivity (Wildman–Crippen MR) is 50.8 cm³/mol. The lowest BCUT2D eigenvalue weighted by molar-refractivity contribution is -0.133. The van der Waals surface area contributed by atoms with E-state index < -0.39 is 12.6 Å². The molecule has 0 fully saturated rings. The summed E-state index contributed by atoms with van der Waals surface area (Å²) in [6.07, 6.45) is -4.17. The molecule has 0 radical (unpaired) electrons. The van der Waals surface area contributed by atoms with Crippen molar-refractivity contribution in [2.75, 3.05) is 6.54 Å². The fourth-order valence-electron chi connectivity index (χ4n) is 1.07. The fourth-order valence-corrected chi connectivity index (χ4v) is 1.07. The van der Waals surface area contributed by atoms with Crippen molar-refractivity contribution >= 4 is 5.84 Å². The minimum atomic E-state index is -4.15. The van der Waals surface area contributed by atoms with Gasteiger partial charge >= 0.3 is 6.18 Å². The Balaban J connectivity index is 3.81. The number of nitrogens with one attached hydrogen (secondary N) is 1. The number of nitrogens with two attached hydrogens (primary N) is 1. The van der Waals surface area contributed by atoms with Gasteiger partial charge in [-0.3, -0.25) is 0 Å². The summed E-state index contributed by atoms with van der Waals surface area (Å²) in [5.41, 5.74) is 5.24. The highest BCUT2D eigenvalue weighted by Crippen LogP contribution is 2.18. The van der Waals surface area contributed by atoms with Crippen LogP contribution in [-0.4, -0.2) is 29.8 Å². The van der Waals surface area contributed by atoms with Gasteiger partial charge in [-0.2, -0.15) is 13.2 Å². The first-order valence-electron chi connectivity index (χ1n) is 4.65. The molecule has 0 rings (SSSR count). The van der Waals surface area contributed by atoms with Crippen molar-refractivity contribution in [1.82, 2.24) is 5.32 Å². The fraction of sp³-hybridized carbons (Fsp3) is 0.875. The quantitative estimate of drug-likeness (QED) is 0.278. The number of amidine groups is 1. The Morgan fingerprint density at radius 3 is 2.53 bits per heavy atom.